The SMILES string of the molecule is CCCCCCCC(CCCCCCC)N1CCC2(COC2)C1. The van der Waals surface area contributed by atoms with Crippen molar-refractivity contribution in [3.63, 3.8) is 0 Å². The molecule has 0 amide bonds. The van der Waals surface area contributed by atoms with Gasteiger partial charge in [-0.05, 0) is 25.8 Å². The van der Waals surface area contributed by atoms with E-state index in [1.807, 2.05) is 0 Å². The van der Waals surface area contributed by atoms with Crippen molar-refractivity contribution in [2.45, 2.75) is 103 Å². The van der Waals surface area contributed by atoms with Crippen LogP contribution in [0.1, 0.15) is 97.3 Å². The van der Waals surface area contributed by atoms with Crippen LogP contribution in [0.3, 0.4) is 0 Å². The average molecular weight is 324 g/mol. The lowest BCUT2D eigenvalue weighted by atomic mass is 9.85. The van der Waals surface area contributed by atoms with Gasteiger partial charge in [0.25, 0.3) is 0 Å². The first-order valence-corrected chi connectivity index (χ1v) is 10.6. The van der Waals surface area contributed by atoms with E-state index < -0.39 is 0 Å². The molecule has 2 aliphatic rings. The van der Waals surface area contributed by atoms with E-state index in [1.165, 1.54) is 96.6 Å². The van der Waals surface area contributed by atoms with Crippen molar-refractivity contribution in [1.82, 2.24) is 4.90 Å². The van der Waals surface area contributed by atoms with E-state index >= 15 is 0 Å². The van der Waals surface area contributed by atoms with Crippen LogP contribution in [-0.4, -0.2) is 37.2 Å². The zero-order valence-corrected chi connectivity index (χ0v) is 16.0. The first-order chi connectivity index (χ1) is 11.3. The highest BCUT2D eigenvalue weighted by Crippen LogP contribution is 2.39. The Morgan fingerprint density at radius 2 is 1.39 bits per heavy atom. The molecule has 2 fully saturated rings. The fourth-order valence-corrected chi connectivity index (χ4v) is 4.38. The molecule has 0 bridgehead atoms. The summed E-state index contributed by atoms with van der Waals surface area (Å²) < 4.78 is 5.51. The molecule has 2 aliphatic heterocycles. The molecule has 23 heavy (non-hydrogen) atoms. The largest absolute Gasteiger partial charge is 0.380 e. The molecule has 0 unspecified atom stereocenters. The summed E-state index contributed by atoms with van der Waals surface area (Å²) in [7, 11) is 0. The number of hydrogen-bond donors (Lipinski definition) is 0. The average Bonchev–Trinajstić information content (AvgIpc) is 2.98. The van der Waals surface area contributed by atoms with Gasteiger partial charge in [-0.25, -0.2) is 0 Å². The van der Waals surface area contributed by atoms with Crippen LogP contribution in [-0.2, 0) is 4.74 Å². The Morgan fingerprint density at radius 3 is 1.83 bits per heavy atom. The van der Waals surface area contributed by atoms with Crippen LogP contribution in [0, 0.1) is 5.41 Å². The van der Waals surface area contributed by atoms with Crippen molar-refractivity contribution in [3.05, 3.63) is 0 Å². The summed E-state index contributed by atoms with van der Waals surface area (Å²) in [5, 5.41) is 0. The Balaban J connectivity index is 1.69. The van der Waals surface area contributed by atoms with Gasteiger partial charge in [-0.3, -0.25) is 4.90 Å². The Morgan fingerprint density at radius 1 is 0.826 bits per heavy atom. The van der Waals surface area contributed by atoms with E-state index in [1.54, 1.807) is 0 Å². The molecule has 2 rings (SSSR count). The molecule has 2 nitrogen and oxygen atoms in total. The Kier molecular flexibility index (Phi) is 8.97. The van der Waals surface area contributed by atoms with Crippen LogP contribution in [0.15, 0.2) is 0 Å². The molecule has 136 valence electrons. The number of ether oxygens (including phenoxy) is 1. The van der Waals surface area contributed by atoms with Crippen LogP contribution < -0.4 is 0 Å². The minimum absolute atomic E-state index is 0.558. The summed E-state index contributed by atoms with van der Waals surface area (Å²) in [4.78, 5) is 2.84. The van der Waals surface area contributed by atoms with Gasteiger partial charge >= 0.3 is 0 Å². The maximum Gasteiger partial charge on any atom is 0.0557 e. The summed E-state index contributed by atoms with van der Waals surface area (Å²) >= 11 is 0. The molecule has 0 radical (unpaired) electrons. The molecule has 0 aliphatic carbocycles. The lowest BCUT2D eigenvalue weighted by Gasteiger charge is -2.39. The molecule has 2 saturated heterocycles. The number of likely N-dealkylation sites (tertiary alicyclic amines) is 1. The topological polar surface area (TPSA) is 12.5 Å². The highest BCUT2D eigenvalue weighted by atomic mass is 16.5. The zero-order chi connectivity index (χ0) is 16.4. The van der Waals surface area contributed by atoms with Crippen molar-refractivity contribution in [2.75, 3.05) is 26.3 Å². The normalized spacial score (nSPS) is 20.5. The monoisotopic (exact) mass is 323 g/mol. The number of unbranched alkanes of at least 4 members (excludes halogenated alkanes) is 8. The van der Waals surface area contributed by atoms with E-state index in [2.05, 4.69) is 18.7 Å². The van der Waals surface area contributed by atoms with Crippen molar-refractivity contribution in [1.29, 1.82) is 0 Å². The maximum absolute atomic E-state index is 5.51. The van der Waals surface area contributed by atoms with Crippen LogP contribution in [0.4, 0.5) is 0 Å². The molecule has 0 aromatic heterocycles. The smallest absolute Gasteiger partial charge is 0.0557 e. The summed E-state index contributed by atoms with van der Waals surface area (Å²) in [6.45, 7) is 9.33. The minimum Gasteiger partial charge on any atom is -0.380 e. The van der Waals surface area contributed by atoms with Gasteiger partial charge in [0.05, 0.1) is 13.2 Å². The highest BCUT2D eigenvalue weighted by Gasteiger charge is 2.45. The molecule has 1 spiro atoms. The molecule has 0 aromatic carbocycles. The van der Waals surface area contributed by atoms with Gasteiger partial charge in [0.2, 0.25) is 0 Å². The zero-order valence-electron chi connectivity index (χ0n) is 16.0. The first kappa shape index (κ1) is 19.2. The standard InChI is InChI=1S/C21H41NO/c1-3-5-7-9-11-13-20(14-12-10-8-6-4-2)22-16-15-21(17-22)18-23-19-21/h20H,3-19H2,1-2H3. The van der Waals surface area contributed by atoms with Gasteiger partial charge < -0.3 is 4.74 Å². The quantitative estimate of drug-likeness (QED) is 0.397. The first-order valence-electron chi connectivity index (χ1n) is 10.6. The molecule has 0 N–H and O–H groups in total. The van der Waals surface area contributed by atoms with Gasteiger partial charge in [0.1, 0.15) is 0 Å². The number of rotatable bonds is 13. The highest BCUT2D eigenvalue weighted by molar-refractivity contribution is 4.96. The third-order valence-corrected chi connectivity index (χ3v) is 6.08. The molecule has 2 heteroatoms. The molecular formula is C21H41NO. The van der Waals surface area contributed by atoms with E-state index in [-0.39, 0.29) is 0 Å². The van der Waals surface area contributed by atoms with Crippen molar-refractivity contribution >= 4 is 0 Å². The van der Waals surface area contributed by atoms with E-state index in [4.69, 9.17) is 4.74 Å². The predicted octanol–water partition coefficient (Wildman–Crippen LogP) is 5.80. The third kappa shape index (κ3) is 6.38. The summed E-state index contributed by atoms with van der Waals surface area (Å²) in [6.07, 6.45) is 18.5. The third-order valence-electron chi connectivity index (χ3n) is 6.08. The fraction of sp³-hybridized carbons (Fsp3) is 1.00. The lowest BCUT2D eigenvalue weighted by molar-refractivity contribution is -0.106. The van der Waals surface area contributed by atoms with Gasteiger partial charge in [-0.1, -0.05) is 78.1 Å². The van der Waals surface area contributed by atoms with Crippen LogP contribution in [0.5, 0.6) is 0 Å². The molecule has 0 saturated carbocycles. The number of nitrogens with zero attached hydrogens (tertiary/aromatic N) is 1. The van der Waals surface area contributed by atoms with Gasteiger partial charge in [-0.2, -0.15) is 0 Å². The summed E-state index contributed by atoms with van der Waals surface area (Å²) in [5.41, 5.74) is 0.558. The Hall–Kier alpha value is -0.0800. The second-order valence-corrected chi connectivity index (χ2v) is 8.27. The second-order valence-electron chi connectivity index (χ2n) is 8.27. The van der Waals surface area contributed by atoms with E-state index in [0.717, 1.165) is 19.3 Å². The Labute approximate surface area is 145 Å². The van der Waals surface area contributed by atoms with Crippen molar-refractivity contribution < 1.29 is 4.74 Å². The molecule has 2 heterocycles. The van der Waals surface area contributed by atoms with E-state index in [0.29, 0.717) is 5.41 Å². The molecular weight excluding hydrogens is 282 g/mol. The van der Waals surface area contributed by atoms with Crippen molar-refractivity contribution in [2.24, 2.45) is 5.41 Å². The van der Waals surface area contributed by atoms with Gasteiger partial charge in [-0.15, -0.1) is 0 Å². The predicted molar refractivity (Wildman–Crippen MR) is 100.0 cm³/mol. The fourth-order valence-electron chi connectivity index (χ4n) is 4.38. The maximum atomic E-state index is 5.51. The summed E-state index contributed by atoms with van der Waals surface area (Å²) in [5.74, 6) is 0. The van der Waals surface area contributed by atoms with Crippen molar-refractivity contribution in [3.8, 4) is 0 Å². The lowest BCUT2D eigenvalue weighted by Crippen LogP contribution is -2.46. The van der Waals surface area contributed by atoms with Crippen LogP contribution in [0.2, 0.25) is 0 Å². The Bertz CT molecular complexity index is 286. The van der Waals surface area contributed by atoms with Gasteiger partial charge in [0.15, 0.2) is 0 Å². The second kappa shape index (κ2) is 10.7. The molecule has 0 aromatic rings. The number of hydrogen-bond acceptors (Lipinski definition) is 2. The van der Waals surface area contributed by atoms with Crippen LogP contribution in [0.25, 0.3) is 0 Å². The van der Waals surface area contributed by atoms with E-state index in [9.17, 15) is 0 Å². The van der Waals surface area contributed by atoms with Crippen LogP contribution >= 0.6 is 0 Å². The van der Waals surface area contributed by atoms with Gasteiger partial charge in [0, 0.05) is 18.0 Å². The molecule has 0 atom stereocenters. The summed E-state index contributed by atoms with van der Waals surface area (Å²) in [6, 6.07) is 0.859. The minimum atomic E-state index is 0.558.